The molecule has 5 nitrogen and oxygen atoms in total. The molecule has 2 aromatic rings. The highest BCUT2D eigenvalue weighted by Gasteiger charge is 2.37. The number of nitrogens with one attached hydrogen (secondary N) is 1. The molecule has 21 heavy (non-hydrogen) atoms. The monoisotopic (exact) mass is 322 g/mol. The second-order valence-corrected chi connectivity index (χ2v) is 5.33. The van der Waals surface area contributed by atoms with E-state index in [9.17, 15) is 14.4 Å². The molecule has 1 aliphatic heterocycles. The second kappa shape index (κ2) is 5.02. The number of hydrogen-bond acceptors (Lipinski definition) is 3. The first kappa shape index (κ1) is 13.9. The summed E-state index contributed by atoms with van der Waals surface area (Å²) in [4.78, 5) is 40.1. The number of hydrogen-bond donors (Lipinski definition) is 1. The van der Waals surface area contributed by atoms with E-state index < -0.39 is 11.8 Å². The van der Waals surface area contributed by atoms with Crippen molar-refractivity contribution < 1.29 is 14.4 Å². The van der Waals surface area contributed by atoms with Crippen molar-refractivity contribution >= 4 is 40.8 Å². The number of carbonyl (C=O) groups is 3. The van der Waals surface area contributed by atoms with Crippen molar-refractivity contribution in [3.8, 4) is 0 Å². The van der Waals surface area contributed by atoms with Gasteiger partial charge in [-0.15, -0.1) is 0 Å². The Bertz CT molecular complexity index is 728. The molecular weight excluding hydrogens is 315 g/mol. The van der Waals surface area contributed by atoms with Crippen LogP contribution in [0.15, 0.2) is 30.5 Å². The molecular formula is C14H8Cl2N2O3. The molecule has 0 saturated carbocycles. The summed E-state index contributed by atoms with van der Waals surface area (Å²) in [6, 6.07) is 5.93. The predicted molar refractivity (Wildman–Crippen MR) is 77.0 cm³/mol. The molecule has 2 amide bonds. The maximum absolute atomic E-state index is 12.2. The van der Waals surface area contributed by atoms with Crippen LogP contribution in [0.5, 0.6) is 0 Å². The molecule has 3 rings (SSSR count). The molecule has 106 valence electrons. The molecule has 0 bridgehead atoms. The predicted octanol–water partition coefficient (Wildman–Crippen LogP) is 2.80. The summed E-state index contributed by atoms with van der Waals surface area (Å²) in [6.07, 6.45) is 1.59. The SMILES string of the molecule is O=C(CN1C(=O)c2cc(Cl)c(Cl)cc2C1=O)c1ccc[nH]1. The van der Waals surface area contributed by atoms with Crippen molar-refractivity contribution in [2.45, 2.75) is 0 Å². The van der Waals surface area contributed by atoms with E-state index in [1.807, 2.05) is 0 Å². The van der Waals surface area contributed by atoms with Gasteiger partial charge in [0, 0.05) is 6.20 Å². The van der Waals surface area contributed by atoms with Crippen LogP contribution < -0.4 is 0 Å². The Morgan fingerprint density at radius 3 is 2.14 bits per heavy atom. The van der Waals surface area contributed by atoms with Crippen LogP contribution in [0.1, 0.15) is 31.2 Å². The highest BCUT2D eigenvalue weighted by Crippen LogP contribution is 2.31. The first-order valence-electron chi connectivity index (χ1n) is 6.01. The minimum Gasteiger partial charge on any atom is -0.359 e. The van der Waals surface area contributed by atoms with E-state index in [-0.39, 0.29) is 33.5 Å². The highest BCUT2D eigenvalue weighted by molar-refractivity contribution is 6.43. The van der Waals surface area contributed by atoms with Crippen LogP contribution in [0.3, 0.4) is 0 Å². The number of H-pyrrole nitrogens is 1. The van der Waals surface area contributed by atoms with Crippen molar-refractivity contribution in [1.82, 2.24) is 9.88 Å². The Morgan fingerprint density at radius 1 is 1.10 bits per heavy atom. The highest BCUT2D eigenvalue weighted by atomic mass is 35.5. The van der Waals surface area contributed by atoms with Gasteiger partial charge < -0.3 is 4.98 Å². The number of nitrogens with zero attached hydrogens (tertiary/aromatic N) is 1. The molecule has 0 fully saturated rings. The summed E-state index contributed by atoms with van der Waals surface area (Å²) in [5.41, 5.74) is 0.657. The molecule has 0 unspecified atom stereocenters. The average molecular weight is 323 g/mol. The van der Waals surface area contributed by atoms with Crippen LogP contribution in [0.4, 0.5) is 0 Å². The topological polar surface area (TPSA) is 70.2 Å². The van der Waals surface area contributed by atoms with Crippen molar-refractivity contribution in [2.75, 3.05) is 6.54 Å². The third-order valence-corrected chi connectivity index (χ3v) is 3.93. The number of carbonyl (C=O) groups excluding carboxylic acids is 3. The lowest BCUT2D eigenvalue weighted by atomic mass is 10.1. The van der Waals surface area contributed by atoms with Gasteiger partial charge in [0.1, 0.15) is 0 Å². The number of ketones is 1. The van der Waals surface area contributed by atoms with Crippen molar-refractivity contribution in [1.29, 1.82) is 0 Å². The molecule has 7 heteroatoms. The number of amides is 2. The van der Waals surface area contributed by atoms with E-state index in [1.165, 1.54) is 12.1 Å². The smallest absolute Gasteiger partial charge is 0.262 e. The van der Waals surface area contributed by atoms with Gasteiger partial charge in [-0.3, -0.25) is 19.3 Å². The van der Waals surface area contributed by atoms with Gasteiger partial charge >= 0.3 is 0 Å². The molecule has 0 radical (unpaired) electrons. The van der Waals surface area contributed by atoms with E-state index in [2.05, 4.69) is 4.98 Å². The molecule has 0 saturated heterocycles. The van der Waals surface area contributed by atoms with E-state index in [0.717, 1.165) is 4.90 Å². The fourth-order valence-corrected chi connectivity index (χ4v) is 2.49. The fourth-order valence-electron chi connectivity index (χ4n) is 2.16. The van der Waals surface area contributed by atoms with Gasteiger partial charge in [0.2, 0.25) is 0 Å². The van der Waals surface area contributed by atoms with E-state index in [1.54, 1.807) is 18.3 Å². The summed E-state index contributed by atoms with van der Waals surface area (Å²) in [5.74, 6) is -1.45. The summed E-state index contributed by atoms with van der Waals surface area (Å²) < 4.78 is 0. The number of Topliss-reactive ketones (excluding diaryl/α,β-unsaturated/α-hetero) is 1. The maximum atomic E-state index is 12.2. The van der Waals surface area contributed by atoms with E-state index in [0.29, 0.717) is 5.69 Å². The third kappa shape index (κ3) is 2.24. The first-order valence-corrected chi connectivity index (χ1v) is 6.76. The Hall–Kier alpha value is -2.11. The molecule has 0 spiro atoms. The number of imide groups is 1. The first-order chi connectivity index (χ1) is 9.99. The molecule has 0 aliphatic carbocycles. The molecule has 1 aromatic carbocycles. The normalized spacial score (nSPS) is 13.7. The van der Waals surface area contributed by atoms with Gasteiger partial charge in [-0.2, -0.15) is 0 Å². The van der Waals surface area contributed by atoms with Crippen molar-refractivity contribution in [2.24, 2.45) is 0 Å². The molecule has 1 aromatic heterocycles. The Morgan fingerprint density at radius 2 is 1.67 bits per heavy atom. The van der Waals surface area contributed by atoms with Crippen LogP contribution in [-0.2, 0) is 0 Å². The number of halogens is 2. The second-order valence-electron chi connectivity index (χ2n) is 4.52. The van der Waals surface area contributed by atoms with Gasteiger partial charge in [-0.1, -0.05) is 23.2 Å². The molecule has 1 N–H and O–H groups in total. The average Bonchev–Trinajstić information content (AvgIpc) is 3.05. The van der Waals surface area contributed by atoms with E-state index >= 15 is 0 Å². The quantitative estimate of drug-likeness (QED) is 0.697. The molecule has 0 atom stereocenters. The number of rotatable bonds is 3. The number of fused-ring (bicyclic) bond motifs is 1. The maximum Gasteiger partial charge on any atom is 0.262 e. The van der Waals surface area contributed by atoms with Gasteiger partial charge in [-0.05, 0) is 24.3 Å². The summed E-state index contributed by atoms with van der Waals surface area (Å²) in [5, 5.41) is 0.378. The van der Waals surface area contributed by atoms with Crippen LogP contribution >= 0.6 is 23.2 Å². The Kier molecular flexibility index (Phi) is 3.31. The van der Waals surface area contributed by atoms with Gasteiger partial charge in [-0.25, -0.2) is 0 Å². The van der Waals surface area contributed by atoms with Crippen LogP contribution in [0.25, 0.3) is 0 Å². The summed E-state index contributed by atoms with van der Waals surface area (Å²) in [6.45, 7) is -0.331. The van der Waals surface area contributed by atoms with Crippen molar-refractivity contribution in [3.05, 3.63) is 57.3 Å². The minimum atomic E-state index is -0.548. The lowest BCUT2D eigenvalue weighted by molar-refractivity contribution is 0.0623. The third-order valence-electron chi connectivity index (χ3n) is 3.21. The fraction of sp³-hybridized carbons (Fsp3) is 0.0714. The summed E-state index contributed by atoms with van der Waals surface area (Å²) >= 11 is 11.7. The zero-order valence-electron chi connectivity index (χ0n) is 10.5. The minimum absolute atomic E-state index is 0.161. The molecule has 1 aliphatic rings. The standard InChI is InChI=1S/C14H8Cl2N2O3/c15-9-4-7-8(5-10(9)16)14(21)18(13(7)20)6-12(19)11-2-1-3-17-11/h1-5,17H,6H2. The summed E-state index contributed by atoms with van der Waals surface area (Å²) in [7, 11) is 0. The van der Waals surface area contributed by atoms with Gasteiger partial charge in [0.05, 0.1) is 33.4 Å². The number of aromatic nitrogens is 1. The van der Waals surface area contributed by atoms with Crippen molar-refractivity contribution in [3.63, 3.8) is 0 Å². The Balaban J connectivity index is 1.91. The van der Waals surface area contributed by atoms with Crippen LogP contribution in [-0.4, -0.2) is 34.0 Å². The number of benzene rings is 1. The lowest BCUT2D eigenvalue weighted by Crippen LogP contribution is -2.35. The number of aromatic amines is 1. The van der Waals surface area contributed by atoms with E-state index in [4.69, 9.17) is 23.2 Å². The molecule has 2 heterocycles. The zero-order valence-corrected chi connectivity index (χ0v) is 12.0. The Labute approximate surface area is 129 Å². The van der Waals surface area contributed by atoms with Crippen LogP contribution in [0, 0.1) is 0 Å². The van der Waals surface area contributed by atoms with Gasteiger partial charge in [0.15, 0.2) is 5.78 Å². The largest absolute Gasteiger partial charge is 0.359 e. The zero-order chi connectivity index (χ0) is 15.1. The lowest BCUT2D eigenvalue weighted by Gasteiger charge is -2.11. The van der Waals surface area contributed by atoms with Crippen LogP contribution in [0.2, 0.25) is 10.0 Å². The van der Waals surface area contributed by atoms with Gasteiger partial charge in [0.25, 0.3) is 11.8 Å².